The van der Waals surface area contributed by atoms with Gasteiger partial charge in [-0.25, -0.2) is 4.39 Å². The Morgan fingerprint density at radius 2 is 2.10 bits per heavy atom. The van der Waals surface area contributed by atoms with Crippen LogP contribution < -0.4 is 0 Å². The summed E-state index contributed by atoms with van der Waals surface area (Å²) >= 11 is 6.10. The molecule has 0 heterocycles. The second-order valence-electron chi connectivity index (χ2n) is 6.19. The lowest BCUT2D eigenvalue weighted by Crippen LogP contribution is -2.47. The molecule has 0 saturated heterocycles. The van der Waals surface area contributed by atoms with Crippen LogP contribution >= 0.6 is 24.0 Å². The Morgan fingerprint density at radius 1 is 1.38 bits per heavy atom. The predicted molar refractivity (Wildman–Crippen MR) is 87.8 cm³/mol. The Bertz CT molecular complexity index is 449. The van der Waals surface area contributed by atoms with Gasteiger partial charge in [0.15, 0.2) is 0 Å². The largest absolute Gasteiger partial charge is 0.389 e. The van der Waals surface area contributed by atoms with Crippen LogP contribution in [0, 0.1) is 11.7 Å². The molecular formula is C16H24Cl2FNO. The molecule has 1 aromatic rings. The summed E-state index contributed by atoms with van der Waals surface area (Å²) in [5.74, 6) is -0.151. The van der Waals surface area contributed by atoms with Gasteiger partial charge in [-0.3, -0.25) is 0 Å². The number of rotatable bonds is 4. The minimum atomic E-state index is -0.853. The molecule has 1 aliphatic rings. The van der Waals surface area contributed by atoms with Gasteiger partial charge >= 0.3 is 0 Å². The smallest absolute Gasteiger partial charge is 0.127 e. The van der Waals surface area contributed by atoms with E-state index in [4.69, 9.17) is 11.6 Å². The zero-order chi connectivity index (χ0) is 14.8. The van der Waals surface area contributed by atoms with Crippen LogP contribution in [0.15, 0.2) is 18.2 Å². The van der Waals surface area contributed by atoms with E-state index in [2.05, 4.69) is 4.90 Å². The van der Waals surface area contributed by atoms with E-state index in [1.54, 1.807) is 12.1 Å². The zero-order valence-corrected chi connectivity index (χ0v) is 14.2. The zero-order valence-electron chi connectivity index (χ0n) is 12.6. The van der Waals surface area contributed by atoms with Gasteiger partial charge in [0.25, 0.3) is 0 Å². The van der Waals surface area contributed by atoms with Gasteiger partial charge in [-0.2, -0.15) is 0 Å². The second-order valence-corrected chi connectivity index (χ2v) is 6.59. The Hall–Kier alpha value is -0.350. The predicted octanol–water partition coefficient (Wildman–Crippen LogP) is 3.93. The van der Waals surface area contributed by atoms with E-state index in [1.165, 1.54) is 6.07 Å². The van der Waals surface area contributed by atoms with Crippen molar-refractivity contribution in [3.8, 4) is 0 Å². The van der Waals surface area contributed by atoms with Gasteiger partial charge in [-0.15, -0.1) is 12.4 Å². The average Bonchev–Trinajstić information content (AvgIpc) is 2.37. The third-order valence-electron chi connectivity index (χ3n) is 4.30. The standard InChI is InChI=1S/C16H23ClFNO.ClH/c1-19(2)11-12-6-3-4-9-16(12,20)10-13-14(17)7-5-8-15(13)18;/h5,7-8,12,20H,3-4,6,9-11H2,1-2H3;1H/t12-,16+;/m1./s1. The first-order valence-corrected chi connectivity index (χ1v) is 7.60. The molecule has 5 heteroatoms. The van der Waals surface area contributed by atoms with E-state index in [-0.39, 0.29) is 24.1 Å². The van der Waals surface area contributed by atoms with Gasteiger partial charge in [0.1, 0.15) is 5.82 Å². The number of nitrogens with zero attached hydrogens (tertiary/aromatic N) is 1. The van der Waals surface area contributed by atoms with Gasteiger partial charge in [0, 0.05) is 29.5 Å². The third kappa shape index (κ3) is 4.56. The van der Waals surface area contributed by atoms with Crippen molar-refractivity contribution in [3.05, 3.63) is 34.6 Å². The minimum absolute atomic E-state index is 0. The maximum absolute atomic E-state index is 14.0. The topological polar surface area (TPSA) is 23.5 Å². The highest BCUT2D eigenvalue weighted by Crippen LogP contribution is 2.38. The fourth-order valence-corrected chi connectivity index (χ4v) is 3.47. The van der Waals surface area contributed by atoms with Crippen LogP contribution in [-0.4, -0.2) is 36.2 Å². The van der Waals surface area contributed by atoms with Crippen LogP contribution in [0.25, 0.3) is 0 Å². The molecule has 0 aliphatic heterocycles. The molecule has 2 atom stereocenters. The van der Waals surface area contributed by atoms with Crippen LogP contribution in [0.2, 0.25) is 5.02 Å². The van der Waals surface area contributed by atoms with E-state index in [1.807, 2.05) is 14.1 Å². The molecule has 0 unspecified atom stereocenters. The molecule has 1 saturated carbocycles. The van der Waals surface area contributed by atoms with Crippen molar-refractivity contribution in [2.75, 3.05) is 20.6 Å². The van der Waals surface area contributed by atoms with E-state index in [9.17, 15) is 9.50 Å². The molecule has 2 nitrogen and oxygen atoms in total. The van der Waals surface area contributed by atoms with Crippen LogP contribution in [0.3, 0.4) is 0 Å². The maximum Gasteiger partial charge on any atom is 0.127 e. The van der Waals surface area contributed by atoms with Crippen molar-refractivity contribution >= 4 is 24.0 Å². The van der Waals surface area contributed by atoms with E-state index in [0.29, 0.717) is 17.0 Å². The molecule has 0 radical (unpaired) electrons. The first-order valence-electron chi connectivity index (χ1n) is 7.22. The fourth-order valence-electron chi connectivity index (χ4n) is 3.24. The summed E-state index contributed by atoms with van der Waals surface area (Å²) in [5, 5.41) is 11.4. The van der Waals surface area contributed by atoms with Crippen molar-refractivity contribution < 1.29 is 9.50 Å². The Kier molecular flexibility index (Phi) is 6.92. The molecule has 1 N–H and O–H groups in total. The Labute approximate surface area is 137 Å². The Balaban J connectivity index is 0.00000220. The van der Waals surface area contributed by atoms with Crippen LogP contribution in [0.5, 0.6) is 0 Å². The summed E-state index contributed by atoms with van der Waals surface area (Å²) in [4.78, 5) is 2.09. The first kappa shape index (κ1) is 18.7. The van der Waals surface area contributed by atoms with Gasteiger partial charge in [0.2, 0.25) is 0 Å². The highest BCUT2D eigenvalue weighted by molar-refractivity contribution is 6.31. The van der Waals surface area contributed by atoms with Gasteiger partial charge in [0.05, 0.1) is 5.60 Å². The minimum Gasteiger partial charge on any atom is -0.389 e. The first-order chi connectivity index (χ1) is 9.42. The highest BCUT2D eigenvalue weighted by atomic mass is 35.5. The number of benzene rings is 1. The lowest BCUT2D eigenvalue weighted by Gasteiger charge is -2.41. The summed E-state index contributed by atoms with van der Waals surface area (Å²) in [6.45, 7) is 0.822. The van der Waals surface area contributed by atoms with Crippen LogP contribution in [0.1, 0.15) is 31.2 Å². The normalized spacial score (nSPS) is 25.7. The SMILES string of the molecule is CN(C)C[C@H]1CCCC[C@]1(O)Cc1c(F)cccc1Cl.Cl. The van der Waals surface area contributed by atoms with Crippen molar-refractivity contribution in [1.29, 1.82) is 0 Å². The van der Waals surface area contributed by atoms with Crippen molar-refractivity contribution in [2.24, 2.45) is 5.92 Å². The number of halogens is 3. The molecule has 120 valence electrons. The Morgan fingerprint density at radius 3 is 2.71 bits per heavy atom. The molecule has 1 fully saturated rings. The van der Waals surface area contributed by atoms with Crippen molar-refractivity contribution in [1.82, 2.24) is 4.90 Å². The molecule has 1 aliphatic carbocycles. The lowest BCUT2D eigenvalue weighted by atomic mass is 9.72. The van der Waals surface area contributed by atoms with Crippen molar-refractivity contribution in [3.63, 3.8) is 0 Å². The molecule has 2 rings (SSSR count). The third-order valence-corrected chi connectivity index (χ3v) is 4.66. The van der Waals surface area contributed by atoms with Gasteiger partial charge in [-0.1, -0.05) is 30.5 Å². The molecule has 0 amide bonds. The van der Waals surface area contributed by atoms with Crippen molar-refractivity contribution in [2.45, 2.75) is 37.7 Å². The average molecular weight is 336 g/mol. The summed E-state index contributed by atoms with van der Waals surface area (Å²) in [6, 6.07) is 4.70. The molecular weight excluding hydrogens is 312 g/mol. The summed E-state index contributed by atoms with van der Waals surface area (Å²) in [6.07, 6.45) is 4.13. The lowest BCUT2D eigenvalue weighted by molar-refractivity contribution is -0.0557. The summed E-state index contributed by atoms with van der Waals surface area (Å²) in [5.41, 5.74) is -0.406. The van der Waals surface area contributed by atoms with Crippen LogP contribution in [0.4, 0.5) is 4.39 Å². The monoisotopic (exact) mass is 335 g/mol. The molecule has 21 heavy (non-hydrogen) atoms. The summed E-state index contributed by atoms with van der Waals surface area (Å²) < 4.78 is 14.0. The van der Waals surface area contributed by atoms with E-state index >= 15 is 0 Å². The number of hydrogen-bond acceptors (Lipinski definition) is 2. The molecule has 1 aromatic carbocycles. The quantitative estimate of drug-likeness (QED) is 0.901. The highest BCUT2D eigenvalue weighted by Gasteiger charge is 2.39. The van der Waals surface area contributed by atoms with E-state index in [0.717, 1.165) is 32.2 Å². The van der Waals surface area contributed by atoms with Gasteiger partial charge in [-0.05, 0) is 39.1 Å². The summed E-state index contributed by atoms with van der Waals surface area (Å²) in [7, 11) is 4.01. The molecule has 0 bridgehead atoms. The molecule has 0 aromatic heterocycles. The van der Waals surface area contributed by atoms with Gasteiger partial charge < -0.3 is 10.0 Å². The fraction of sp³-hybridized carbons (Fsp3) is 0.625. The van der Waals surface area contributed by atoms with Crippen LogP contribution in [-0.2, 0) is 6.42 Å². The molecule has 0 spiro atoms. The number of hydrogen-bond donors (Lipinski definition) is 1. The second kappa shape index (κ2) is 7.77. The number of aliphatic hydroxyl groups is 1. The maximum atomic E-state index is 14.0. The van der Waals surface area contributed by atoms with E-state index < -0.39 is 5.60 Å².